The van der Waals surface area contributed by atoms with E-state index in [0.717, 1.165) is 0 Å². The zero-order valence-electron chi connectivity index (χ0n) is 15.7. The first-order valence-corrected chi connectivity index (χ1v) is 10.6. The molecule has 1 saturated heterocycles. The quantitative estimate of drug-likeness (QED) is 0.563. The summed E-state index contributed by atoms with van der Waals surface area (Å²) in [4.78, 5) is 4.14. The summed E-state index contributed by atoms with van der Waals surface area (Å²) >= 11 is 0. The van der Waals surface area contributed by atoms with Gasteiger partial charge in [0, 0.05) is 38.3 Å². The summed E-state index contributed by atoms with van der Waals surface area (Å²) in [6, 6.07) is 6.31. The molecule has 1 heterocycles. The van der Waals surface area contributed by atoms with Crippen molar-refractivity contribution in [3.8, 4) is 6.07 Å². The largest absolute Gasteiger partial charge is 0.354 e. The molecule has 1 fully saturated rings. The van der Waals surface area contributed by atoms with Gasteiger partial charge in [0.15, 0.2) is 5.96 Å². The summed E-state index contributed by atoms with van der Waals surface area (Å²) in [5.41, 5.74) is 0.786. The number of guanidine groups is 1. The number of nitriles is 1. The smallest absolute Gasteiger partial charge is 0.214 e. The lowest BCUT2D eigenvalue weighted by Gasteiger charge is -2.32. The Bertz CT molecular complexity index is 812. The predicted octanol–water partition coefficient (Wildman–Crippen LogP) is 1.57. The lowest BCUT2D eigenvalue weighted by molar-refractivity contribution is 0.306. The second-order valence-corrected chi connectivity index (χ2v) is 8.57. The number of sulfonamides is 1. The van der Waals surface area contributed by atoms with Crippen LogP contribution in [-0.2, 0) is 16.6 Å². The number of nitrogens with one attached hydrogen (secondary N) is 2. The van der Waals surface area contributed by atoms with Crippen LogP contribution in [0.1, 0.15) is 37.3 Å². The maximum atomic E-state index is 13.9. The van der Waals surface area contributed by atoms with Crippen LogP contribution in [0.25, 0.3) is 0 Å². The third-order valence-electron chi connectivity index (χ3n) is 4.49. The SMILES string of the molecule is CCCS(=O)(=O)N1CCC(NC(=NC)NCc2cc(C#N)ccc2F)CC1. The number of benzene rings is 1. The number of nitrogens with zero attached hydrogens (tertiary/aromatic N) is 3. The van der Waals surface area contributed by atoms with Crippen molar-refractivity contribution in [3.05, 3.63) is 35.1 Å². The topological polar surface area (TPSA) is 97.6 Å². The van der Waals surface area contributed by atoms with Crippen molar-refractivity contribution in [1.29, 1.82) is 5.26 Å². The Morgan fingerprint density at radius 3 is 2.70 bits per heavy atom. The molecule has 27 heavy (non-hydrogen) atoms. The lowest BCUT2D eigenvalue weighted by Crippen LogP contribution is -2.49. The Kier molecular flexibility index (Phi) is 7.56. The van der Waals surface area contributed by atoms with Crippen molar-refractivity contribution in [2.24, 2.45) is 4.99 Å². The minimum absolute atomic E-state index is 0.0968. The van der Waals surface area contributed by atoms with E-state index in [1.54, 1.807) is 11.4 Å². The Labute approximate surface area is 160 Å². The molecule has 1 aromatic carbocycles. The molecule has 2 N–H and O–H groups in total. The number of piperidine rings is 1. The highest BCUT2D eigenvalue weighted by molar-refractivity contribution is 7.89. The summed E-state index contributed by atoms with van der Waals surface area (Å²) in [6.45, 7) is 3.02. The maximum Gasteiger partial charge on any atom is 0.214 e. The van der Waals surface area contributed by atoms with Gasteiger partial charge in [0.1, 0.15) is 5.82 Å². The molecule has 1 aliphatic heterocycles. The zero-order valence-corrected chi connectivity index (χ0v) is 16.5. The van der Waals surface area contributed by atoms with E-state index < -0.39 is 10.0 Å². The van der Waals surface area contributed by atoms with E-state index >= 15 is 0 Å². The Balaban J connectivity index is 1.87. The second-order valence-electron chi connectivity index (χ2n) is 6.48. The molecule has 7 nitrogen and oxygen atoms in total. The van der Waals surface area contributed by atoms with E-state index in [1.165, 1.54) is 18.2 Å². The molecule has 0 saturated carbocycles. The van der Waals surface area contributed by atoms with E-state index in [4.69, 9.17) is 5.26 Å². The second kappa shape index (κ2) is 9.67. The molecule has 0 atom stereocenters. The van der Waals surface area contributed by atoms with Gasteiger partial charge in [-0.25, -0.2) is 17.1 Å². The van der Waals surface area contributed by atoms with Crippen LogP contribution in [0.3, 0.4) is 0 Å². The van der Waals surface area contributed by atoms with Crippen LogP contribution in [-0.4, -0.2) is 50.6 Å². The zero-order chi connectivity index (χ0) is 19.9. The predicted molar refractivity (Wildman–Crippen MR) is 103 cm³/mol. The molecule has 1 aromatic rings. The fourth-order valence-electron chi connectivity index (χ4n) is 3.01. The minimum Gasteiger partial charge on any atom is -0.354 e. The van der Waals surface area contributed by atoms with Crippen LogP contribution >= 0.6 is 0 Å². The first-order chi connectivity index (χ1) is 12.9. The molecule has 148 valence electrons. The number of halogens is 1. The van der Waals surface area contributed by atoms with E-state index in [-0.39, 0.29) is 24.2 Å². The van der Waals surface area contributed by atoms with Gasteiger partial charge in [-0.3, -0.25) is 4.99 Å². The third-order valence-corrected chi connectivity index (χ3v) is 6.57. The highest BCUT2D eigenvalue weighted by Crippen LogP contribution is 2.15. The normalized spacial score (nSPS) is 16.7. The molecule has 9 heteroatoms. The Morgan fingerprint density at radius 1 is 1.41 bits per heavy atom. The molecule has 2 rings (SSSR count). The molecule has 0 spiro atoms. The van der Waals surface area contributed by atoms with Crippen molar-refractivity contribution in [2.75, 3.05) is 25.9 Å². The average molecular weight is 396 g/mol. The number of hydrogen-bond acceptors (Lipinski definition) is 4. The summed E-state index contributed by atoms with van der Waals surface area (Å²) in [6.07, 6.45) is 1.98. The van der Waals surface area contributed by atoms with Gasteiger partial charge in [-0.1, -0.05) is 6.92 Å². The van der Waals surface area contributed by atoms with Crippen LogP contribution in [0.2, 0.25) is 0 Å². The molecular formula is C18H26FN5O2S. The number of rotatable bonds is 6. The molecule has 1 aliphatic rings. The fourth-order valence-corrected chi connectivity index (χ4v) is 4.55. The Hall–Kier alpha value is -2.18. The molecule has 0 aliphatic carbocycles. The lowest BCUT2D eigenvalue weighted by atomic mass is 10.1. The van der Waals surface area contributed by atoms with Crippen molar-refractivity contribution in [2.45, 2.75) is 38.8 Å². The van der Waals surface area contributed by atoms with E-state index in [0.29, 0.717) is 49.4 Å². The van der Waals surface area contributed by atoms with Crippen LogP contribution in [0.4, 0.5) is 4.39 Å². The molecule has 0 amide bonds. The molecule has 0 aromatic heterocycles. The van der Waals surface area contributed by atoms with Gasteiger partial charge in [-0.2, -0.15) is 5.26 Å². The van der Waals surface area contributed by atoms with Crippen LogP contribution in [0.5, 0.6) is 0 Å². The standard InChI is InChI=1S/C18H26FN5O2S/c1-3-10-27(25,26)24-8-6-16(7-9-24)23-18(21-2)22-13-15-11-14(12-20)4-5-17(15)19/h4-5,11,16H,3,6-10,13H2,1-2H3,(H2,21,22,23). The average Bonchev–Trinajstić information content (AvgIpc) is 2.66. The fraction of sp³-hybridized carbons (Fsp3) is 0.556. The van der Waals surface area contributed by atoms with Gasteiger partial charge in [-0.15, -0.1) is 0 Å². The van der Waals surface area contributed by atoms with Gasteiger partial charge in [0.2, 0.25) is 10.0 Å². The van der Waals surface area contributed by atoms with E-state index in [2.05, 4.69) is 15.6 Å². The van der Waals surface area contributed by atoms with Crippen LogP contribution < -0.4 is 10.6 Å². The molecule has 0 unspecified atom stereocenters. The number of aliphatic imine (C=N–C) groups is 1. The maximum absolute atomic E-state index is 13.9. The van der Waals surface area contributed by atoms with Crippen molar-refractivity contribution >= 4 is 16.0 Å². The minimum atomic E-state index is -3.16. The first kappa shape index (κ1) is 21.1. The van der Waals surface area contributed by atoms with Gasteiger partial charge in [0.25, 0.3) is 0 Å². The monoisotopic (exact) mass is 395 g/mol. The Morgan fingerprint density at radius 2 is 2.11 bits per heavy atom. The van der Waals surface area contributed by atoms with Gasteiger partial charge < -0.3 is 10.6 Å². The molecular weight excluding hydrogens is 369 g/mol. The third kappa shape index (κ3) is 5.91. The van der Waals surface area contributed by atoms with Crippen LogP contribution in [0.15, 0.2) is 23.2 Å². The first-order valence-electron chi connectivity index (χ1n) is 9.03. The van der Waals surface area contributed by atoms with Gasteiger partial charge in [0.05, 0.1) is 17.4 Å². The van der Waals surface area contributed by atoms with Gasteiger partial charge >= 0.3 is 0 Å². The van der Waals surface area contributed by atoms with E-state index in [1.807, 2.05) is 13.0 Å². The molecule has 0 radical (unpaired) electrons. The van der Waals surface area contributed by atoms with Gasteiger partial charge in [-0.05, 0) is 37.5 Å². The molecule has 0 bridgehead atoms. The highest BCUT2D eigenvalue weighted by atomic mass is 32.2. The summed E-state index contributed by atoms with van der Waals surface area (Å²) in [5.74, 6) is 0.319. The highest BCUT2D eigenvalue weighted by Gasteiger charge is 2.27. The van der Waals surface area contributed by atoms with Crippen molar-refractivity contribution < 1.29 is 12.8 Å². The van der Waals surface area contributed by atoms with Crippen LogP contribution in [0, 0.1) is 17.1 Å². The van der Waals surface area contributed by atoms with Crippen molar-refractivity contribution in [3.63, 3.8) is 0 Å². The summed E-state index contributed by atoms with van der Waals surface area (Å²) in [7, 11) is -1.53. The summed E-state index contributed by atoms with van der Waals surface area (Å²) < 4.78 is 39.7. The van der Waals surface area contributed by atoms with Crippen molar-refractivity contribution in [1.82, 2.24) is 14.9 Å². The van der Waals surface area contributed by atoms with E-state index in [9.17, 15) is 12.8 Å². The summed E-state index contributed by atoms with van der Waals surface area (Å²) in [5, 5.41) is 15.2. The number of hydrogen-bond donors (Lipinski definition) is 2.